The molecular weight excluding hydrogens is 826 g/mol. The molecule has 6 atom stereocenters. The molecule has 2 fully saturated rings. The molecule has 2 aliphatic rings. The summed E-state index contributed by atoms with van der Waals surface area (Å²) in [6.07, 6.45) is 6.80. The smallest absolute Gasteiger partial charge is 0.325 e. The number of Topliss-reactive ketones (excluding diaryl/α,β-unsaturated/α-hetero) is 1. The number of carboxylic acids is 2. The maximum absolute atomic E-state index is 14.5. The molecule has 7 amide bonds. The first kappa shape index (κ1) is 53.0. The van der Waals surface area contributed by atoms with Crippen LogP contribution in [-0.4, -0.2) is 136 Å². The molecule has 0 spiro atoms. The number of ketones is 1. The number of likely N-dealkylation sites (tertiary alicyclic amines) is 1. The summed E-state index contributed by atoms with van der Waals surface area (Å²) in [7, 11) is 0. The Balaban J connectivity index is 2.32. The van der Waals surface area contributed by atoms with E-state index in [-0.39, 0.29) is 31.9 Å². The lowest BCUT2D eigenvalue weighted by Gasteiger charge is -2.36. The lowest BCUT2D eigenvalue weighted by molar-refractivity contribution is -0.146. The van der Waals surface area contributed by atoms with Crippen molar-refractivity contribution in [3.05, 3.63) is 24.8 Å². The normalized spacial score (nSPS) is 17.5. The number of rotatable bonds is 26. The van der Waals surface area contributed by atoms with E-state index < -0.39 is 133 Å². The highest BCUT2D eigenvalue weighted by molar-refractivity contribution is 6.38. The number of aliphatic carboxylic acids is 2. The van der Waals surface area contributed by atoms with Crippen molar-refractivity contribution in [3.63, 3.8) is 0 Å². The number of hydrogen-bond donors (Lipinski definition) is 8. The summed E-state index contributed by atoms with van der Waals surface area (Å²) < 4.78 is 4.80. The largest absolute Gasteiger partial charge is 0.481 e. The maximum Gasteiger partial charge on any atom is 0.325 e. The highest BCUT2D eigenvalue weighted by Gasteiger charge is 2.43. The predicted octanol–water partition coefficient (Wildman–Crippen LogP) is -0.232. The van der Waals surface area contributed by atoms with Crippen LogP contribution in [0.3, 0.4) is 0 Å². The van der Waals surface area contributed by atoms with Gasteiger partial charge in [0.25, 0.3) is 5.91 Å². The first-order valence-corrected chi connectivity index (χ1v) is 21.3. The Labute approximate surface area is 366 Å². The number of esters is 1. The van der Waals surface area contributed by atoms with Crippen molar-refractivity contribution in [2.24, 2.45) is 11.8 Å². The fourth-order valence-electron chi connectivity index (χ4n) is 7.31. The maximum atomic E-state index is 14.5. The van der Waals surface area contributed by atoms with E-state index >= 15 is 0 Å². The van der Waals surface area contributed by atoms with Gasteiger partial charge in [-0.1, -0.05) is 71.3 Å². The van der Waals surface area contributed by atoms with Crippen LogP contribution in [0.25, 0.3) is 0 Å². The van der Waals surface area contributed by atoms with Crippen LogP contribution >= 0.6 is 0 Å². The second kappa shape index (κ2) is 27.0. The minimum Gasteiger partial charge on any atom is -0.481 e. The highest BCUT2D eigenvalue weighted by atomic mass is 16.5. The zero-order chi connectivity index (χ0) is 47.2. The van der Waals surface area contributed by atoms with Crippen LogP contribution in [0.4, 0.5) is 0 Å². The number of nitrogens with zero attached hydrogens (tertiary/aromatic N) is 1. The fourth-order valence-corrected chi connectivity index (χ4v) is 7.31. The molecule has 0 aromatic carbocycles. The van der Waals surface area contributed by atoms with Crippen molar-refractivity contribution < 1.29 is 67.7 Å². The Morgan fingerprint density at radius 3 is 2.06 bits per heavy atom. The number of carbonyl (C=O) groups is 11. The molecule has 350 valence electrons. The van der Waals surface area contributed by atoms with E-state index in [4.69, 9.17) is 9.84 Å². The van der Waals surface area contributed by atoms with E-state index in [1.165, 1.54) is 11.0 Å². The number of amides is 7. The van der Waals surface area contributed by atoms with Gasteiger partial charge in [0.15, 0.2) is 0 Å². The average molecular weight is 890 g/mol. The van der Waals surface area contributed by atoms with Crippen molar-refractivity contribution >= 4 is 65.0 Å². The third kappa shape index (κ3) is 18.0. The molecule has 1 saturated carbocycles. The number of hydrogen-bond acceptors (Lipinski definition) is 12. The van der Waals surface area contributed by atoms with Gasteiger partial charge in [-0.05, 0) is 50.4 Å². The average Bonchev–Trinajstić information content (AvgIpc) is 3.73. The van der Waals surface area contributed by atoms with Gasteiger partial charge in [0.2, 0.25) is 41.2 Å². The molecule has 0 aromatic heterocycles. The van der Waals surface area contributed by atoms with E-state index in [1.54, 1.807) is 20.8 Å². The second-order valence-electron chi connectivity index (χ2n) is 15.9. The van der Waals surface area contributed by atoms with Gasteiger partial charge in [-0.25, -0.2) is 0 Å². The first-order valence-electron chi connectivity index (χ1n) is 21.3. The molecule has 0 radical (unpaired) electrons. The van der Waals surface area contributed by atoms with Crippen LogP contribution in [0.2, 0.25) is 0 Å². The first-order chi connectivity index (χ1) is 29.8. The summed E-state index contributed by atoms with van der Waals surface area (Å²) >= 11 is 0. The Morgan fingerprint density at radius 1 is 0.794 bits per heavy atom. The molecule has 8 N–H and O–H groups in total. The molecule has 0 aromatic rings. The van der Waals surface area contributed by atoms with E-state index in [0.717, 1.165) is 38.3 Å². The molecule has 3 unspecified atom stereocenters. The summed E-state index contributed by atoms with van der Waals surface area (Å²) in [5.41, 5.74) is 0. The summed E-state index contributed by atoms with van der Waals surface area (Å²) in [5.74, 6) is -10.9. The minimum absolute atomic E-state index is 0.0865. The third-order valence-corrected chi connectivity index (χ3v) is 10.5. The van der Waals surface area contributed by atoms with Crippen molar-refractivity contribution in [3.8, 4) is 0 Å². The second-order valence-corrected chi connectivity index (χ2v) is 15.9. The topological polar surface area (TPSA) is 313 Å². The predicted molar refractivity (Wildman–Crippen MR) is 224 cm³/mol. The van der Waals surface area contributed by atoms with Crippen molar-refractivity contribution in [2.45, 2.75) is 141 Å². The van der Waals surface area contributed by atoms with Crippen molar-refractivity contribution in [1.29, 1.82) is 0 Å². The minimum atomic E-state index is -1.53. The van der Waals surface area contributed by atoms with Gasteiger partial charge in [-0.3, -0.25) is 52.7 Å². The monoisotopic (exact) mass is 889 g/mol. The number of ether oxygens (including phenoxy) is 1. The SMILES string of the molecule is C=CCOC(=O)CNC(=O)C(=O)C(CCC)NC(=O)[C@@H]1CCCN1C(=O)[C@@H](NC(=O)C(NC(=O)[C@H](CCC(=O)O)NC(=O)C(/C=C/CC(=O)O)NC(C)=O)C(C)C)C1CCCCC1. The molecule has 1 aliphatic carbocycles. The molecule has 63 heavy (non-hydrogen) atoms. The van der Waals surface area contributed by atoms with Gasteiger partial charge in [0.05, 0.1) is 12.5 Å². The molecular formula is C42H63N7O14. The van der Waals surface area contributed by atoms with E-state index in [0.29, 0.717) is 25.7 Å². The van der Waals surface area contributed by atoms with Gasteiger partial charge < -0.3 is 51.8 Å². The van der Waals surface area contributed by atoms with Crippen LogP contribution in [0.5, 0.6) is 0 Å². The van der Waals surface area contributed by atoms with Crippen LogP contribution in [-0.2, 0) is 57.5 Å². The third-order valence-electron chi connectivity index (χ3n) is 10.5. The van der Waals surface area contributed by atoms with Crippen LogP contribution in [0.15, 0.2) is 24.8 Å². The number of carboxylic acid groups (broad SMARTS) is 2. The Morgan fingerprint density at radius 2 is 1.48 bits per heavy atom. The van der Waals surface area contributed by atoms with Crippen molar-refractivity contribution in [1.82, 2.24) is 36.8 Å². The molecule has 21 heteroatoms. The zero-order valence-electron chi connectivity index (χ0n) is 36.4. The summed E-state index contributed by atoms with van der Waals surface area (Å²) in [4.78, 5) is 143. The Hall–Kier alpha value is -6.15. The quantitative estimate of drug-likeness (QED) is 0.0316. The van der Waals surface area contributed by atoms with Gasteiger partial charge in [0.1, 0.15) is 43.4 Å². The van der Waals surface area contributed by atoms with E-state index in [2.05, 4.69) is 38.5 Å². The number of carbonyl (C=O) groups excluding carboxylic acids is 9. The highest BCUT2D eigenvalue weighted by Crippen LogP contribution is 2.30. The fraction of sp³-hybridized carbons (Fsp3) is 0.643. The van der Waals surface area contributed by atoms with Crippen LogP contribution in [0, 0.1) is 11.8 Å². The number of nitrogens with one attached hydrogen (secondary N) is 6. The molecule has 0 bridgehead atoms. The van der Waals surface area contributed by atoms with Gasteiger partial charge in [-0.15, -0.1) is 0 Å². The van der Waals surface area contributed by atoms with E-state index in [9.17, 15) is 57.8 Å². The van der Waals surface area contributed by atoms with Gasteiger partial charge in [0, 0.05) is 19.9 Å². The van der Waals surface area contributed by atoms with E-state index in [1.807, 2.05) is 0 Å². The van der Waals surface area contributed by atoms with Crippen LogP contribution < -0.4 is 31.9 Å². The summed E-state index contributed by atoms with van der Waals surface area (Å²) in [5, 5.41) is 33.3. The standard InChI is InChI=1S/C42H63N7O14/c1-6-13-27(36(56)41(61)43-23-33(55)63-22-7-2)45-39(59)30-17-12-21-49(30)42(62)35(26-14-9-8-10-15-26)48-40(60)34(24(3)4)47-38(58)29(19-20-32(53)54)46-37(57)28(44-25(5)50)16-11-18-31(51)52/h7,11,16,24,26-30,34-35H,2,6,8-10,12-15,17-23H2,1,3-5H3,(H,43,61)(H,44,50)(H,45,59)(H,46,57)(H,47,58)(H,48,60)(H,51,52)(H,53,54)/b16-11+/t27?,28?,29-,30-,34?,35-/m0/s1. The van der Waals surface area contributed by atoms with Crippen molar-refractivity contribution in [2.75, 3.05) is 19.7 Å². The van der Waals surface area contributed by atoms with Crippen LogP contribution in [0.1, 0.15) is 105 Å². The zero-order valence-corrected chi connectivity index (χ0v) is 36.4. The Bertz CT molecular complexity index is 1730. The summed E-state index contributed by atoms with van der Waals surface area (Å²) in [6, 6.07) is -7.71. The summed E-state index contributed by atoms with van der Waals surface area (Å²) in [6.45, 7) is 9.00. The van der Waals surface area contributed by atoms with Gasteiger partial charge in [-0.2, -0.15) is 0 Å². The molecule has 1 aliphatic heterocycles. The molecule has 1 saturated heterocycles. The lowest BCUT2D eigenvalue weighted by atomic mass is 9.83. The molecule has 21 nitrogen and oxygen atoms in total. The molecule has 2 rings (SSSR count). The molecule has 1 heterocycles. The lowest BCUT2D eigenvalue weighted by Crippen LogP contribution is -2.61. The van der Waals surface area contributed by atoms with Gasteiger partial charge >= 0.3 is 17.9 Å². The Kier molecular flexibility index (Phi) is 22.7.